The summed E-state index contributed by atoms with van der Waals surface area (Å²) in [6, 6.07) is 4.63. The van der Waals surface area contributed by atoms with E-state index in [0.717, 1.165) is 32.2 Å². The van der Waals surface area contributed by atoms with Gasteiger partial charge in [-0.25, -0.2) is 0 Å². The molecule has 1 aliphatic carbocycles. The summed E-state index contributed by atoms with van der Waals surface area (Å²) in [6.45, 7) is 0.830. The Morgan fingerprint density at radius 1 is 1.26 bits per heavy atom. The number of benzene rings is 1. The van der Waals surface area contributed by atoms with Crippen molar-refractivity contribution in [1.82, 2.24) is 4.90 Å². The monoisotopic (exact) mass is 390 g/mol. The second-order valence-electron chi connectivity index (χ2n) is 5.29. The summed E-state index contributed by atoms with van der Waals surface area (Å²) >= 11 is 6.96. The summed E-state index contributed by atoms with van der Waals surface area (Å²) in [6.07, 6.45) is 6.59. The van der Waals surface area contributed by atoms with Crippen LogP contribution in [0.25, 0.3) is 0 Å². The van der Waals surface area contributed by atoms with Crippen molar-refractivity contribution in [3.63, 3.8) is 0 Å². The van der Waals surface area contributed by atoms with Crippen LogP contribution in [-0.2, 0) is 6.54 Å². The van der Waals surface area contributed by atoms with Gasteiger partial charge in [-0.15, -0.1) is 0 Å². The van der Waals surface area contributed by atoms with Gasteiger partial charge in [0.1, 0.15) is 5.69 Å². The van der Waals surface area contributed by atoms with Gasteiger partial charge in [-0.1, -0.05) is 35.2 Å². The summed E-state index contributed by atoms with van der Waals surface area (Å²) in [5, 5.41) is 11.3. The molecule has 1 saturated carbocycles. The van der Waals surface area contributed by atoms with Crippen LogP contribution in [0.5, 0.6) is 0 Å². The SMILES string of the molecule is CN(Cc1cc(Br)cc(Br)c1[NH2+][O-])C1CCCCC1. The molecule has 0 saturated heterocycles. The van der Waals surface area contributed by atoms with E-state index >= 15 is 0 Å². The highest BCUT2D eigenvalue weighted by molar-refractivity contribution is 9.11. The Labute approximate surface area is 131 Å². The number of nitrogens with two attached hydrogens (primary N) is 1. The lowest BCUT2D eigenvalue weighted by atomic mass is 9.94. The molecule has 0 heterocycles. The van der Waals surface area contributed by atoms with Crippen molar-refractivity contribution in [1.29, 1.82) is 0 Å². The fraction of sp³-hybridized carbons (Fsp3) is 0.571. The maximum absolute atomic E-state index is 11.3. The third-order valence-corrected chi connectivity index (χ3v) is 5.03. The molecule has 0 aliphatic heterocycles. The van der Waals surface area contributed by atoms with Gasteiger partial charge >= 0.3 is 0 Å². The minimum atomic E-state index is 0.658. The molecule has 3 nitrogen and oxygen atoms in total. The standard InChI is InChI=1S/C14H20Br2N2O/c1-18(12-5-3-2-4-6-12)9-10-7-11(15)8-13(16)14(10)17-19/h7-8,12H,2-6,9,17H2,1H3. The number of rotatable bonds is 4. The van der Waals surface area contributed by atoms with Crippen molar-refractivity contribution < 1.29 is 5.48 Å². The van der Waals surface area contributed by atoms with Crippen molar-refractivity contribution in [2.24, 2.45) is 0 Å². The maximum atomic E-state index is 11.3. The van der Waals surface area contributed by atoms with Gasteiger partial charge in [0.15, 0.2) is 0 Å². The quantitative estimate of drug-likeness (QED) is 0.628. The van der Waals surface area contributed by atoms with E-state index in [1.54, 1.807) is 0 Å². The molecule has 0 spiro atoms. The van der Waals surface area contributed by atoms with Crippen LogP contribution in [0.4, 0.5) is 5.69 Å². The van der Waals surface area contributed by atoms with Crippen molar-refractivity contribution in [2.45, 2.75) is 44.7 Å². The number of hydrogen-bond acceptors (Lipinski definition) is 2. The highest BCUT2D eigenvalue weighted by Gasteiger charge is 2.20. The molecule has 0 amide bonds. The first kappa shape index (κ1) is 15.4. The van der Waals surface area contributed by atoms with Gasteiger partial charge in [0.05, 0.1) is 4.47 Å². The molecule has 0 bridgehead atoms. The van der Waals surface area contributed by atoms with E-state index in [2.05, 4.69) is 43.8 Å². The lowest BCUT2D eigenvalue weighted by Gasteiger charge is -2.31. The van der Waals surface area contributed by atoms with Crippen LogP contribution in [0.2, 0.25) is 0 Å². The summed E-state index contributed by atoms with van der Waals surface area (Å²) in [5.74, 6) is 0. The molecule has 0 unspecified atom stereocenters. The fourth-order valence-electron chi connectivity index (χ4n) is 2.82. The highest BCUT2D eigenvalue weighted by Crippen LogP contribution is 2.30. The van der Waals surface area contributed by atoms with Crippen LogP contribution in [0.15, 0.2) is 21.1 Å². The van der Waals surface area contributed by atoms with E-state index in [1.807, 2.05) is 12.1 Å². The zero-order valence-electron chi connectivity index (χ0n) is 11.2. The number of halogens is 2. The molecule has 1 aromatic rings. The van der Waals surface area contributed by atoms with Crippen LogP contribution in [0, 0.1) is 5.21 Å². The molecule has 19 heavy (non-hydrogen) atoms. The normalized spacial score (nSPS) is 17.1. The van der Waals surface area contributed by atoms with Crippen LogP contribution in [0.3, 0.4) is 0 Å². The second kappa shape index (κ2) is 7.18. The van der Waals surface area contributed by atoms with Crippen LogP contribution in [0.1, 0.15) is 37.7 Å². The summed E-state index contributed by atoms with van der Waals surface area (Å²) in [7, 11) is 2.17. The number of nitrogens with zero attached hydrogens (tertiary/aromatic N) is 1. The third-order valence-electron chi connectivity index (χ3n) is 3.92. The Balaban J connectivity index is 2.13. The molecule has 5 heteroatoms. The Bertz CT molecular complexity index is 434. The Morgan fingerprint density at radius 2 is 1.95 bits per heavy atom. The summed E-state index contributed by atoms with van der Waals surface area (Å²) in [4.78, 5) is 2.39. The van der Waals surface area contributed by atoms with E-state index in [4.69, 9.17) is 0 Å². The molecule has 1 fully saturated rings. The van der Waals surface area contributed by atoms with E-state index in [-0.39, 0.29) is 0 Å². The molecule has 1 aromatic carbocycles. The molecule has 0 aromatic heterocycles. The highest BCUT2D eigenvalue weighted by atomic mass is 79.9. The molecule has 2 N–H and O–H groups in total. The van der Waals surface area contributed by atoms with E-state index < -0.39 is 0 Å². The lowest BCUT2D eigenvalue weighted by molar-refractivity contribution is -0.498. The molecule has 0 atom stereocenters. The van der Waals surface area contributed by atoms with Gasteiger partial charge in [-0.2, -0.15) is 0 Å². The predicted molar refractivity (Wildman–Crippen MR) is 85.1 cm³/mol. The molecule has 106 valence electrons. The van der Waals surface area contributed by atoms with Crippen LogP contribution < -0.4 is 5.48 Å². The van der Waals surface area contributed by atoms with Crippen LogP contribution in [-0.4, -0.2) is 18.0 Å². The minimum Gasteiger partial charge on any atom is -0.630 e. The van der Waals surface area contributed by atoms with Gasteiger partial charge in [0.2, 0.25) is 0 Å². The van der Waals surface area contributed by atoms with Gasteiger partial charge in [-0.05, 0) is 48.0 Å². The Morgan fingerprint density at radius 3 is 2.58 bits per heavy atom. The average molecular weight is 392 g/mol. The molecular formula is C14H20Br2N2O. The first-order chi connectivity index (χ1) is 9.11. The van der Waals surface area contributed by atoms with Crippen molar-refractivity contribution >= 4 is 37.5 Å². The zero-order valence-corrected chi connectivity index (χ0v) is 14.3. The smallest absolute Gasteiger partial charge is 0.148 e. The fourth-order valence-corrected chi connectivity index (χ4v) is 4.23. The predicted octanol–water partition coefficient (Wildman–Crippen LogP) is 3.67. The molecule has 1 aliphatic rings. The maximum Gasteiger partial charge on any atom is 0.148 e. The second-order valence-corrected chi connectivity index (χ2v) is 7.06. The lowest BCUT2D eigenvalue weighted by Crippen LogP contribution is -2.71. The number of quaternary nitrogens is 1. The summed E-state index contributed by atoms with van der Waals surface area (Å²) < 4.78 is 1.88. The Hall–Kier alpha value is 0.0600. The Kier molecular flexibility index (Phi) is 5.84. The largest absolute Gasteiger partial charge is 0.630 e. The first-order valence-electron chi connectivity index (χ1n) is 6.75. The van der Waals surface area contributed by atoms with E-state index in [0.29, 0.717) is 6.04 Å². The van der Waals surface area contributed by atoms with E-state index in [1.165, 1.54) is 32.1 Å². The number of hydrogen-bond donors (Lipinski definition) is 1. The van der Waals surface area contributed by atoms with Gasteiger partial charge in [0, 0.05) is 22.6 Å². The molecule has 0 radical (unpaired) electrons. The van der Waals surface area contributed by atoms with Gasteiger partial charge in [0.25, 0.3) is 0 Å². The first-order valence-corrected chi connectivity index (χ1v) is 8.33. The van der Waals surface area contributed by atoms with Crippen molar-refractivity contribution in [2.75, 3.05) is 7.05 Å². The van der Waals surface area contributed by atoms with Crippen molar-refractivity contribution in [3.05, 3.63) is 31.8 Å². The van der Waals surface area contributed by atoms with Gasteiger partial charge < -0.3 is 10.7 Å². The zero-order chi connectivity index (χ0) is 13.8. The topological polar surface area (TPSA) is 42.9 Å². The molecule has 2 rings (SSSR count). The average Bonchev–Trinajstić information content (AvgIpc) is 2.39. The third kappa shape index (κ3) is 4.02. The molecular weight excluding hydrogens is 372 g/mol. The summed E-state index contributed by atoms with van der Waals surface area (Å²) in [5.41, 5.74) is 2.80. The minimum absolute atomic E-state index is 0.658. The van der Waals surface area contributed by atoms with Crippen molar-refractivity contribution in [3.8, 4) is 0 Å². The van der Waals surface area contributed by atoms with Crippen LogP contribution >= 0.6 is 31.9 Å². The van der Waals surface area contributed by atoms with Gasteiger partial charge in [-0.3, -0.25) is 4.90 Å². The van der Waals surface area contributed by atoms with E-state index in [9.17, 15) is 5.21 Å².